The fourth-order valence-electron chi connectivity index (χ4n) is 1.60. The van der Waals surface area contributed by atoms with Crippen molar-refractivity contribution in [3.63, 3.8) is 0 Å². The lowest BCUT2D eigenvalue weighted by Crippen LogP contribution is -2.36. The third-order valence-electron chi connectivity index (χ3n) is 2.33. The van der Waals surface area contributed by atoms with Crippen LogP contribution < -0.4 is 16.0 Å². The normalized spacial score (nSPS) is 14.2. The van der Waals surface area contributed by atoms with Gasteiger partial charge in [-0.1, -0.05) is 11.6 Å². The number of amides is 3. The monoisotopic (exact) mass is 251 g/mol. The Balaban J connectivity index is 2.36. The van der Waals surface area contributed by atoms with Gasteiger partial charge in [0.2, 0.25) is 5.91 Å². The van der Waals surface area contributed by atoms with E-state index in [9.17, 15) is 9.59 Å². The molecule has 0 spiro atoms. The molecule has 6 heteroatoms. The fourth-order valence-corrected chi connectivity index (χ4v) is 1.73. The second kappa shape index (κ2) is 4.47. The van der Waals surface area contributed by atoms with E-state index in [-0.39, 0.29) is 12.5 Å². The van der Waals surface area contributed by atoms with Crippen LogP contribution in [0.15, 0.2) is 36.0 Å². The molecule has 1 aromatic carbocycles. The minimum Gasteiger partial charge on any atom is -0.351 e. The molecule has 1 aliphatic rings. The summed E-state index contributed by atoms with van der Waals surface area (Å²) in [5.74, 6) is -0.236. The van der Waals surface area contributed by atoms with Crippen molar-refractivity contribution in [3.8, 4) is 0 Å². The molecule has 17 heavy (non-hydrogen) atoms. The van der Waals surface area contributed by atoms with Crippen molar-refractivity contribution in [3.05, 3.63) is 41.1 Å². The van der Waals surface area contributed by atoms with E-state index in [0.29, 0.717) is 16.4 Å². The van der Waals surface area contributed by atoms with Crippen LogP contribution in [0.3, 0.4) is 0 Å². The van der Waals surface area contributed by atoms with Crippen LogP contribution in [-0.4, -0.2) is 18.5 Å². The molecular weight excluding hydrogens is 242 g/mol. The predicted octanol–water partition coefficient (Wildman–Crippen LogP) is 1.24. The fraction of sp³-hybridized carbons (Fsp3) is 0.0909. The van der Waals surface area contributed by atoms with Gasteiger partial charge in [0.05, 0.1) is 17.9 Å². The summed E-state index contributed by atoms with van der Waals surface area (Å²) in [4.78, 5) is 23.8. The number of urea groups is 1. The summed E-state index contributed by atoms with van der Waals surface area (Å²) < 4.78 is 0. The van der Waals surface area contributed by atoms with Crippen LogP contribution in [0.5, 0.6) is 0 Å². The topological polar surface area (TPSA) is 75.4 Å². The number of nitrogens with one attached hydrogen (secondary N) is 1. The third-order valence-corrected chi connectivity index (χ3v) is 2.59. The number of halogens is 1. The molecule has 88 valence electrons. The predicted molar refractivity (Wildman–Crippen MR) is 64.6 cm³/mol. The third kappa shape index (κ3) is 2.39. The zero-order valence-electron chi connectivity index (χ0n) is 8.81. The standard InChI is InChI=1S/C11H10ClN3O2/c12-7-1-3-8(4-2-7)15(11(13)17)9-5-10(16)14-6-9/h1-5H,6H2,(H2,13,17)(H,14,16). The average Bonchev–Trinajstić information content (AvgIpc) is 2.68. The first-order chi connectivity index (χ1) is 8.08. The molecule has 0 saturated heterocycles. The second-order valence-corrected chi connectivity index (χ2v) is 3.94. The molecule has 0 aliphatic carbocycles. The molecule has 1 heterocycles. The number of hydrogen-bond acceptors (Lipinski definition) is 2. The molecular formula is C11H10ClN3O2. The molecule has 0 unspecified atom stereocenters. The lowest BCUT2D eigenvalue weighted by molar-refractivity contribution is -0.115. The van der Waals surface area contributed by atoms with E-state index in [1.807, 2.05) is 0 Å². The van der Waals surface area contributed by atoms with Gasteiger partial charge in [-0.25, -0.2) is 4.79 Å². The number of hydrogen-bond donors (Lipinski definition) is 2. The highest BCUT2D eigenvalue weighted by molar-refractivity contribution is 6.30. The maximum absolute atomic E-state index is 11.4. The number of rotatable bonds is 2. The molecule has 1 aliphatic heterocycles. The largest absolute Gasteiger partial charge is 0.351 e. The molecule has 0 saturated carbocycles. The van der Waals surface area contributed by atoms with Crippen LogP contribution in [0.25, 0.3) is 0 Å². The minimum absolute atomic E-state index is 0.236. The van der Waals surface area contributed by atoms with Crippen LogP contribution in [0.4, 0.5) is 10.5 Å². The summed E-state index contributed by atoms with van der Waals surface area (Å²) in [5.41, 5.74) is 6.40. The zero-order valence-corrected chi connectivity index (χ0v) is 9.57. The van der Waals surface area contributed by atoms with E-state index in [1.54, 1.807) is 24.3 Å². The van der Waals surface area contributed by atoms with E-state index >= 15 is 0 Å². The van der Waals surface area contributed by atoms with Gasteiger partial charge in [-0.05, 0) is 24.3 Å². The Morgan fingerprint density at radius 3 is 2.47 bits per heavy atom. The quantitative estimate of drug-likeness (QED) is 0.830. The molecule has 0 fully saturated rings. The first kappa shape index (κ1) is 11.5. The van der Waals surface area contributed by atoms with Crippen LogP contribution in [0, 0.1) is 0 Å². The summed E-state index contributed by atoms with van der Waals surface area (Å²) in [7, 11) is 0. The smallest absolute Gasteiger partial charge is 0.323 e. The molecule has 0 aromatic heterocycles. The Kier molecular flexibility index (Phi) is 3.01. The number of nitrogens with two attached hydrogens (primary N) is 1. The van der Waals surface area contributed by atoms with Crippen molar-refractivity contribution < 1.29 is 9.59 Å². The number of carbonyl (C=O) groups excluding carboxylic acids is 2. The van der Waals surface area contributed by atoms with Gasteiger partial charge in [0.25, 0.3) is 0 Å². The first-order valence-corrected chi connectivity index (χ1v) is 5.29. The lowest BCUT2D eigenvalue weighted by Gasteiger charge is -2.21. The molecule has 3 amide bonds. The van der Waals surface area contributed by atoms with E-state index in [4.69, 9.17) is 17.3 Å². The molecule has 3 N–H and O–H groups in total. The lowest BCUT2D eigenvalue weighted by atomic mass is 10.2. The number of primary amides is 1. The Labute approximate surface area is 103 Å². The second-order valence-electron chi connectivity index (χ2n) is 3.50. The highest BCUT2D eigenvalue weighted by atomic mass is 35.5. The van der Waals surface area contributed by atoms with Crippen molar-refractivity contribution in [2.24, 2.45) is 5.73 Å². The summed E-state index contributed by atoms with van der Waals surface area (Å²) >= 11 is 5.76. The van der Waals surface area contributed by atoms with Gasteiger partial charge in [0.15, 0.2) is 0 Å². The van der Waals surface area contributed by atoms with E-state index < -0.39 is 6.03 Å². The van der Waals surface area contributed by atoms with Crippen molar-refractivity contribution in [1.82, 2.24) is 5.32 Å². The Hall–Kier alpha value is -2.01. The highest BCUT2D eigenvalue weighted by Gasteiger charge is 2.22. The Bertz CT molecular complexity index is 496. The number of nitrogens with zero attached hydrogens (tertiary/aromatic N) is 1. The van der Waals surface area contributed by atoms with Gasteiger partial charge < -0.3 is 11.1 Å². The van der Waals surface area contributed by atoms with Crippen LogP contribution in [0.2, 0.25) is 5.02 Å². The van der Waals surface area contributed by atoms with Crippen LogP contribution in [0.1, 0.15) is 0 Å². The van der Waals surface area contributed by atoms with E-state index in [0.717, 1.165) is 0 Å². The van der Waals surface area contributed by atoms with Gasteiger partial charge in [0.1, 0.15) is 0 Å². The van der Waals surface area contributed by atoms with E-state index in [2.05, 4.69) is 5.32 Å². The summed E-state index contributed by atoms with van der Waals surface area (Å²) in [6.45, 7) is 0.282. The van der Waals surface area contributed by atoms with Gasteiger partial charge in [0, 0.05) is 11.1 Å². The van der Waals surface area contributed by atoms with Gasteiger partial charge in [-0.3, -0.25) is 9.69 Å². The minimum atomic E-state index is -0.643. The zero-order chi connectivity index (χ0) is 12.4. The summed E-state index contributed by atoms with van der Waals surface area (Å²) in [5, 5.41) is 3.14. The highest BCUT2D eigenvalue weighted by Crippen LogP contribution is 2.22. The Morgan fingerprint density at radius 1 is 1.35 bits per heavy atom. The molecule has 1 aromatic rings. The first-order valence-electron chi connectivity index (χ1n) is 4.91. The van der Waals surface area contributed by atoms with Crippen molar-refractivity contribution in [1.29, 1.82) is 0 Å². The molecule has 5 nitrogen and oxygen atoms in total. The maximum Gasteiger partial charge on any atom is 0.323 e. The average molecular weight is 252 g/mol. The molecule has 2 rings (SSSR count). The van der Waals surface area contributed by atoms with Crippen molar-refractivity contribution in [2.45, 2.75) is 0 Å². The Morgan fingerprint density at radius 2 is 2.00 bits per heavy atom. The summed E-state index contributed by atoms with van der Waals surface area (Å²) in [6, 6.07) is 5.98. The van der Waals surface area contributed by atoms with Crippen molar-refractivity contribution >= 4 is 29.2 Å². The number of carbonyl (C=O) groups is 2. The van der Waals surface area contributed by atoms with Crippen LogP contribution in [-0.2, 0) is 4.79 Å². The maximum atomic E-state index is 11.4. The number of anilines is 1. The molecule has 0 radical (unpaired) electrons. The SMILES string of the molecule is NC(=O)N(C1=CC(=O)NC1)c1ccc(Cl)cc1. The van der Waals surface area contributed by atoms with Gasteiger partial charge in [-0.2, -0.15) is 0 Å². The van der Waals surface area contributed by atoms with E-state index in [1.165, 1.54) is 11.0 Å². The summed E-state index contributed by atoms with van der Waals surface area (Å²) in [6.07, 6.45) is 1.35. The van der Waals surface area contributed by atoms with Gasteiger partial charge in [-0.15, -0.1) is 0 Å². The number of benzene rings is 1. The molecule has 0 atom stereocenters. The molecule has 0 bridgehead atoms. The van der Waals surface area contributed by atoms with Gasteiger partial charge >= 0.3 is 6.03 Å². The van der Waals surface area contributed by atoms with Crippen molar-refractivity contribution in [2.75, 3.05) is 11.4 Å². The van der Waals surface area contributed by atoms with Crippen LogP contribution >= 0.6 is 11.6 Å².